The summed E-state index contributed by atoms with van der Waals surface area (Å²) in [7, 11) is 0. The Morgan fingerprint density at radius 3 is 0.822 bits per heavy atom. The highest BCUT2D eigenvalue weighted by Gasteiger charge is 2.16. The summed E-state index contributed by atoms with van der Waals surface area (Å²) in [6, 6.07) is 0. The second kappa shape index (κ2) is 64.4. The van der Waals surface area contributed by atoms with Gasteiger partial charge < -0.3 is 14.6 Å². The predicted octanol–water partition coefficient (Wildman–Crippen LogP) is 22.6. The lowest BCUT2D eigenvalue weighted by molar-refractivity contribution is -0.161. The molecule has 0 amide bonds. The third-order valence-corrected chi connectivity index (χ3v) is 15.2. The molecule has 73 heavy (non-hydrogen) atoms. The van der Waals surface area contributed by atoms with Crippen molar-refractivity contribution in [2.45, 2.75) is 373 Å². The first-order valence-corrected chi connectivity index (χ1v) is 33.0. The van der Waals surface area contributed by atoms with Crippen LogP contribution in [0.4, 0.5) is 0 Å². The normalized spacial score (nSPS) is 12.3. The first kappa shape index (κ1) is 71.1. The monoisotopic (exact) mass is 1020 g/mol. The fourth-order valence-corrected chi connectivity index (χ4v) is 10.2. The highest BCUT2D eigenvalue weighted by atomic mass is 16.6. The van der Waals surface area contributed by atoms with Crippen LogP contribution < -0.4 is 0 Å². The molecule has 0 radical (unpaired) electrons. The Morgan fingerprint density at radius 1 is 0.315 bits per heavy atom. The Kier molecular flexibility index (Phi) is 62.7. The van der Waals surface area contributed by atoms with Gasteiger partial charge in [0, 0.05) is 12.8 Å². The van der Waals surface area contributed by atoms with E-state index in [4.69, 9.17) is 9.47 Å². The molecule has 0 fully saturated rings. The zero-order valence-corrected chi connectivity index (χ0v) is 49.4. The standard InChI is InChI=1S/C68H128O5/c1-3-5-7-9-11-13-15-17-19-21-23-24-25-26-27-28-29-30-31-32-33-34-35-36-37-38-39-40-41-42-43-44-45-47-49-51-53-55-57-59-61-63-68(71)73-66(64-69)65-72-67(70)62-60-58-56-54-52-50-48-46-22-20-18-16-14-12-10-8-6-4-2/h15,17,21,23,25-26,66,69H,3-14,16,18-20,22,24,27-65H2,1-2H3/b17-15-,23-21-,26-25-. The van der Waals surface area contributed by atoms with Gasteiger partial charge in [0.2, 0.25) is 0 Å². The van der Waals surface area contributed by atoms with Crippen molar-refractivity contribution in [3.05, 3.63) is 36.5 Å². The molecular weight excluding hydrogens is 897 g/mol. The number of carbonyl (C=O) groups excluding carboxylic acids is 2. The number of aliphatic hydroxyl groups is 1. The summed E-state index contributed by atoms with van der Waals surface area (Å²) < 4.78 is 10.7. The number of rotatable bonds is 62. The molecule has 1 unspecified atom stereocenters. The molecule has 0 saturated heterocycles. The van der Waals surface area contributed by atoms with Crippen molar-refractivity contribution in [3.8, 4) is 0 Å². The van der Waals surface area contributed by atoms with E-state index < -0.39 is 6.10 Å². The van der Waals surface area contributed by atoms with Gasteiger partial charge in [-0.25, -0.2) is 0 Å². The van der Waals surface area contributed by atoms with Gasteiger partial charge in [0.05, 0.1) is 6.61 Å². The van der Waals surface area contributed by atoms with E-state index in [1.165, 1.54) is 295 Å². The first-order chi connectivity index (χ1) is 36.1. The van der Waals surface area contributed by atoms with Crippen LogP contribution in [0.2, 0.25) is 0 Å². The van der Waals surface area contributed by atoms with Crippen molar-refractivity contribution in [1.82, 2.24) is 0 Å². The van der Waals surface area contributed by atoms with E-state index in [9.17, 15) is 14.7 Å². The van der Waals surface area contributed by atoms with Crippen LogP contribution >= 0.6 is 0 Å². The largest absolute Gasteiger partial charge is 0.462 e. The van der Waals surface area contributed by atoms with Crippen LogP contribution in [0.15, 0.2) is 36.5 Å². The van der Waals surface area contributed by atoms with E-state index in [2.05, 4.69) is 50.3 Å². The van der Waals surface area contributed by atoms with Crippen LogP contribution in [0, 0.1) is 0 Å². The summed E-state index contributed by atoms with van der Waals surface area (Å²) in [5, 5.41) is 9.67. The minimum absolute atomic E-state index is 0.0579. The molecule has 0 saturated carbocycles. The third-order valence-electron chi connectivity index (χ3n) is 15.2. The molecule has 0 spiro atoms. The van der Waals surface area contributed by atoms with Gasteiger partial charge in [0.25, 0.3) is 0 Å². The van der Waals surface area contributed by atoms with Gasteiger partial charge in [0.1, 0.15) is 6.61 Å². The number of unbranched alkanes of at least 4 members (excludes halogenated alkanes) is 48. The van der Waals surface area contributed by atoms with Crippen molar-refractivity contribution < 1.29 is 24.2 Å². The Bertz CT molecular complexity index is 1160. The maximum Gasteiger partial charge on any atom is 0.306 e. The minimum atomic E-state index is -0.767. The first-order valence-electron chi connectivity index (χ1n) is 33.0. The fraction of sp³-hybridized carbons (Fsp3) is 0.882. The highest BCUT2D eigenvalue weighted by Crippen LogP contribution is 2.18. The topological polar surface area (TPSA) is 72.8 Å². The molecule has 0 aliphatic rings. The summed E-state index contributed by atoms with van der Waals surface area (Å²) >= 11 is 0. The Balaban J connectivity index is 3.36. The fourth-order valence-electron chi connectivity index (χ4n) is 10.2. The van der Waals surface area contributed by atoms with Crippen LogP contribution in [0.5, 0.6) is 0 Å². The van der Waals surface area contributed by atoms with Crippen molar-refractivity contribution in [2.24, 2.45) is 0 Å². The highest BCUT2D eigenvalue weighted by molar-refractivity contribution is 5.70. The van der Waals surface area contributed by atoms with Crippen molar-refractivity contribution in [3.63, 3.8) is 0 Å². The summed E-state index contributed by atoms with van der Waals surface area (Å²) in [5.74, 6) is -0.566. The number of ether oxygens (including phenoxy) is 2. The van der Waals surface area contributed by atoms with E-state index in [-0.39, 0.29) is 25.2 Å². The maximum absolute atomic E-state index is 12.3. The maximum atomic E-state index is 12.3. The van der Waals surface area contributed by atoms with E-state index in [1.54, 1.807) is 0 Å². The lowest BCUT2D eigenvalue weighted by Gasteiger charge is -2.15. The van der Waals surface area contributed by atoms with Gasteiger partial charge in [-0.05, 0) is 51.4 Å². The molecule has 0 aliphatic carbocycles. The number of aliphatic hydroxyl groups excluding tert-OH is 1. The van der Waals surface area contributed by atoms with Gasteiger partial charge >= 0.3 is 11.9 Å². The molecule has 0 bridgehead atoms. The van der Waals surface area contributed by atoms with E-state index in [1.807, 2.05) is 0 Å². The molecule has 430 valence electrons. The second-order valence-corrected chi connectivity index (χ2v) is 22.6. The Labute approximate surface area is 456 Å². The lowest BCUT2D eigenvalue weighted by atomic mass is 10.0. The van der Waals surface area contributed by atoms with Crippen molar-refractivity contribution >= 4 is 11.9 Å². The summed E-state index contributed by atoms with van der Waals surface area (Å²) in [6.45, 7) is 4.18. The molecule has 0 aromatic heterocycles. The zero-order valence-electron chi connectivity index (χ0n) is 49.4. The number of esters is 2. The molecule has 0 heterocycles. The second-order valence-electron chi connectivity index (χ2n) is 22.6. The van der Waals surface area contributed by atoms with Crippen LogP contribution in [-0.2, 0) is 19.1 Å². The molecule has 5 nitrogen and oxygen atoms in total. The van der Waals surface area contributed by atoms with E-state index >= 15 is 0 Å². The van der Waals surface area contributed by atoms with Crippen LogP contribution in [0.1, 0.15) is 367 Å². The molecular formula is C68H128O5. The molecule has 0 rings (SSSR count). The van der Waals surface area contributed by atoms with Crippen LogP contribution in [0.3, 0.4) is 0 Å². The molecule has 5 heteroatoms. The lowest BCUT2D eigenvalue weighted by Crippen LogP contribution is -2.28. The summed E-state index contributed by atoms with van der Waals surface area (Å²) in [4.78, 5) is 24.6. The average molecular weight is 1030 g/mol. The zero-order chi connectivity index (χ0) is 52.7. The average Bonchev–Trinajstić information content (AvgIpc) is 3.39. The molecule has 1 N–H and O–H groups in total. The molecule has 0 aliphatic heterocycles. The summed E-state index contributed by atoms with van der Waals surface area (Å²) in [6.07, 6.45) is 84.6. The van der Waals surface area contributed by atoms with Crippen molar-refractivity contribution in [2.75, 3.05) is 13.2 Å². The number of hydrogen-bond acceptors (Lipinski definition) is 5. The number of allylic oxidation sites excluding steroid dienone is 6. The van der Waals surface area contributed by atoms with Gasteiger partial charge in [-0.2, -0.15) is 0 Å². The summed E-state index contributed by atoms with van der Waals surface area (Å²) in [5.41, 5.74) is 0. The predicted molar refractivity (Wildman–Crippen MR) is 321 cm³/mol. The SMILES string of the molecule is CCCCCCC/C=C\C/C=C\C/C=C\CCCCCCCCCCCCCCCCCCCCCCCCCCCCC(=O)OC(CO)COC(=O)CCCCCCCCCCCCCCCCCCCC. The minimum Gasteiger partial charge on any atom is -0.462 e. The van der Waals surface area contributed by atoms with Gasteiger partial charge in [-0.1, -0.05) is 339 Å². The van der Waals surface area contributed by atoms with Gasteiger partial charge in [0.15, 0.2) is 6.10 Å². The Morgan fingerprint density at radius 2 is 0.548 bits per heavy atom. The third kappa shape index (κ3) is 62.6. The quantitative estimate of drug-likeness (QED) is 0.0373. The van der Waals surface area contributed by atoms with Crippen molar-refractivity contribution in [1.29, 1.82) is 0 Å². The van der Waals surface area contributed by atoms with Gasteiger partial charge in [-0.3, -0.25) is 9.59 Å². The van der Waals surface area contributed by atoms with Crippen LogP contribution in [-0.4, -0.2) is 36.4 Å². The van der Waals surface area contributed by atoms with Gasteiger partial charge in [-0.15, -0.1) is 0 Å². The molecule has 1 atom stereocenters. The number of hydrogen-bond donors (Lipinski definition) is 1. The smallest absolute Gasteiger partial charge is 0.306 e. The molecule has 0 aromatic rings. The molecule has 0 aromatic carbocycles. The van der Waals surface area contributed by atoms with E-state index in [0.29, 0.717) is 12.8 Å². The van der Waals surface area contributed by atoms with Crippen LogP contribution in [0.25, 0.3) is 0 Å². The Hall–Kier alpha value is -1.88. The number of carbonyl (C=O) groups is 2. The van der Waals surface area contributed by atoms with E-state index in [0.717, 1.165) is 44.9 Å².